The highest BCUT2D eigenvalue weighted by atomic mass is 15.3. The second-order valence-corrected chi connectivity index (χ2v) is 5.27. The number of nitrogens with two attached hydrogens (primary N) is 1. The molecule has 1 rings (SSSR count). The molecule has 2 unspecified atom stereocenters. The average molecular weight is 213 g/mol. The van der Waals surface area contributed by atoms with Crippen molar-refractivity contribution in [2.45, 2.75) is 39.8 Å². The Labute approximate surface area is 94.6 Å². The molecule has 1 fully saturated rings. The van der Waals surface area contributed by atoms with E-state index in [1.165, 1.54) is 19.6 Å². The lowest BCUT2D eigenvalue weighted by Crippen LogP contribution is -2.54. The zero-order valence-corrected chi connectivity index (χ0v) is 10.7. The van der Waals surface area contributed by atoms with Crippen molar-refractivity contribution in [3.63, 3.8) is 0 Å². The normalized spacial score (nSPS) is 27.2. The van der Waals surface area contributed by atoms with Gasteiger partial charge in [0.15, 0.2) is 0 Å². The lowest BCUT2D eigenvalue weighted by Gasteiger charge is -2.42. The van der Waals surface area contributed by atoms with Crippen LogP contribution in [0.5, 0.6) is 0 Å². The Balaban J connectivity index is 2.38. The number of hydrogen-bond acceptors (Lipinski definition) is 3. The van der Waals surface area contributed by atoms with Crippen molar-refractivity contribution in [3.05, 3.63) is 0 Å². The van der Waals surface area contributed by atoms with E-state index in [1.54, 1.807) is 0 Å². The van der Waals surface area contributed by atoms with E-state index < -0.39 is 0 Å². The van der Waals surface area contributed by atoms with Gasteiger partial charge in [-0.1, -0.05) is 6.92 Å². The van der Waals surface area contributed by atoms with Crippen molar-refractivity contribution in [1.82, 2.24) is 9.80 Å². The van der Waals surface area contributed by atoms with Crippen LogP contribution in [-0.2, 0) is 0 Å². The summed E-state index contributed by atoms with van der Waals surface area (Å²) in [6.45, 7) is 14.7. The molecule has 15 heavy (non-hydrogen) atoms. The SMILES string of the molecule is CC(CN)CN1CCN(C(C)C)CC1C. The highest BCUT2D eigenvalue weighted by Gasteiger charge is 2.25. The minimum Gasteiger partial charge on any atom is -0.330 e. The second-order valence-electron chi connectivity index (χ2n) is 5.27. The molecule has 1 saturated heterocycles. The van der Waals surface area contributed by atoms with Crippen molar-refractivity contribution in [2.75, 3.05) is 32.7 Å². The van der Waals surface area contributed by atoms with Crippen LogP contribution >= 0.6 is 0 Å². The fraction of sp³-hybridized carbons (Fsp3) is 1.00. The zero-order chi connectivity index (χ0) is 11.4. The van der Waals surface area contributed by atoms with E-state index in [0.29, 0.717) is 18.0 Å². The minimum atomic E-state index is 0.623. The summed E-state index contributed by atoms with van der Waals surface area (Å²) in [6, 6.07) is 1.36. The van der Waals surface area contributed by atoms with Crippen LogP contribution in [0.2, 0.25) is 0 Å². The molecular weight excluding hydrogens is 186 g/mol. The van der Waals surface area contributed by atoms with Crippen LogP contribution in [0.1, 0.15) is 27.7 Å². The van der Waals surface area contributed by atoms with Gasteiger partial charge in [-0.2, -0.15) is 0 Å². The van der Waals surface area contributed by atoms with Gasteiger partial charge in [0.1, 0.15) is 0 Å². The molecule has 1 heterocycles. The Morgan fingerprint density at radius 1 is 1.27 bits per heavy atom. The molecule has 0 bridgehead atoms. The summed E-state index contributed by atoms with van der Waals surface area (Å²) in [6.07, 6.45) is 0. The van der Waals surface area contributed by atoms with Crippen LogP contribution in [0.3, 0.4) is 0 Å². The summed E-state index contributed by atoms with van der Waals surface area (Å²) < 4.78 is 0. The smallest absolute Gasteiger partial charge is 0.0195 e. The zero-order valence-electron chi connectivity index (χ0n) is 10.7. The molecule has 2 atom stereocenters. The van der Waals surface area contributed by atoms with Gasteiger partial charge in [0.05, 0.1) is 0 Å². The molecule has 2 N–H and O–H groups in total. The quantitative estimate of drug-likeness (QED) is 0.756. The van der Waals surface area contributed by atoms with E-state index in [9.17, 15) is 0 Å². The second kappa shape index (κ2) is 5.83. The summed E-state index contributed by atoms with van der Waals surface area (Å²) >= 11 is 0. The summed E-state index contributed by atoms with van der Waals surface area (Å²) in [5, 5.41) is 0. The Morgan fingerprint density at radius 2 is 1.93 bits per heavy atom. The maximum atomic E-state index is 5.67. The van der Waals surface area contributed by atoms with Crippen LogP contribution in [0.15, 0.2) is 0 Å². The molecule has 0 saturated carbocycles. The highest BCUT2D eigenvalue weighted by Crippen LogP contribution is 2.13. The molecule has 0 aliphatic carbocycles. The topological polar surface area (TPSA) is 32.5 Å². The largest absolute Gasteiger partial charge is 0.330 e. The first-order valence-corrected chi connectivity index (χ1v) is 6.22. The Morgan fingerprint density at radius 3 is 2.40 bits per heavy atom. The summed E-state index contributed by atoms with van der Waals surface area (Å²) in [4.78, 5) is 5.14. The van der Waals surface area contributed by atoms with Crippen LogP contribution in [0.25, 0.3) is 0 Å². The van der Waals surface area contributed by atoms with Crippen molar-refractivity contribution in [3.8, 4) is 0 Å². The van der Waals surface area contributed by atoms with Gasteiger partial charge >= 0.3 is 0 Å². The molecule has 3 heteroatoms. The fourth-order valence-corrected chi connectivity index (χ4v) is 2.24. The Hall–Kier alpha value is -0.120. The molecule has 0 radical (unpaired) electrons. The molecule has 3 nitrogen and oxygen atoms in total. The first-order chi connectivity index (χ1) is 7.04. The van der Waals surface area contributed by atoms with Crippen molar-refractivity contribution < 1.29 is 0 Å². The van der Waals surface area contributed by atoms with Gasteiger partial charge in [-0.05, 0) is 33.2 Å². The van der Waals surface area contributed by atoms with Gasteiger partial charge in [0, 0.05) is 38.3 Å². The van der Waals surface area contributed by atoms with E-state index in [1.807, 2.05) is 0 Å². The van der Waals surface area contributed by atoms with E-state index in [2.05, 4.69) is 37.5 Å². The number of piperazine rings is 1. The lowest BCUT2D eigenvalue weighted by atomic mass is 10.1. The number of nitrogens with zero attached hydrogens (tertiary/aromatic N) is 2. The molecule has 90 valence electrons. The summed E-state index contributed by atoms with van der Waals surface area (Å²) in [5.74, 6) is 0.623. The summed E-state index contributed by atoms with van der Waals surface area (Å²) in [5.41, 5.74) is 5.67. The van der Waals surface area contributed by atoms with Gasteiger partial charge < -0.3 is 5.73 Å². The number of rotatable bonds is 4. The maximum Gasteiger partial charge on any atom is 0.0195 e. The summed E-state index contributed by atoms with van der Waals surface area (Å²) in [7, 11) is 0. The Bertz CT molecular complexity index is 182. The van der Waals surface area contributed by atoms with Crippen molar-refractivity contribution in [2.24, 2.45) is 11.7 Å². The molecule has 1 aliphatic heterocycles. The monoisotopic (exact) mass is 213 g/mol. The van der Waals surface area contributed by atoms with Gasteiger partial charge in [-0.15, -0.1) is 0 Å². The third-order valence-electron chi connectivity index (χ3n) is 3.48. The molecular formula is C12H27N3. The average Bonchev–Trinajstić information content (AvgIpc) is 2.20. The van der Waals surface area contributed by atoms with E-state index in [-0.39, 0.29) is 0 Å². The molecule has 0 aromatic heterocycles. The minimum absolute atomic E-state index is 0.623. The molecule has 0 amide bonds. The van der Waals surface area contributed by atoms with E-state index in [0.717, 1.165) is 13.1 Å². The van der Waals surface area contributed by atoms with Crippen LogP contribution < -0.4 is 5.73 Å². The first kappa shape index (κ1) is 12.9. The fourth-order valence-electron chi connectivity index (χ4n) is 2.24. The Kier molecular flexibility index (Phi) is 5.03. The van der Waals surface area contributed by atoms with Crippen molar-refractivity contribution >= 4 is 0 Å². The molecule has 0 aromatic rings. The predicted molar refractivity (Wildman–Crippen MR) is 66.0 cm³/mol. The lowest BCUT2D eigenvalue weighted by molar-refractivity contribution is 0.0564. The van der Waals surface area contributed by atoms with Gasteiger partial charge in [0.2, 0.25) is 0 Å². The third-order valence-corrected chi connectivity index (χ3v) is 3.48. The van der Waals surface area contributed by atoms with Crippen molar-refractivity contribution in [1.29, 1.82) is 0 Å². The molecule has 1 aliphatic rings. The standard InChI is InChI=1S/C12H27N3/c1-10(2)14-5-6-15(12(4)9-14)8-11(3)7-13/h10-12H,5-9,13H2,1-4H3. The van der Waals surface area contributed by atoms with Crippen LogP contribution in [0.4, 0.5) is 0 Å². The van der Waals surface area contributed by atoms with Crippen LogP contribution in [-0.4, -0.2) is 54.6 Å². The van der Waals surface area contributed by atoms with Crippen LogP contribution in [0, 0.1) is 5.92 Å². The maximum absolute atomic E-state index is 5.67. The number of hydrogen-bond donors (Lipinski definition) is 1. The first-order valence-electron chi connectivity index (χ1n) is 6.22. The predicted octanol–water partition coefficient (Wildman–Crippen LogP) is 0.996. The van der Waals surface area contributed by atoms with Gasteiger partial charge in [-0.3, -0.25) is 9.80 Å². The molecule has 0 spiro atoms. The van der Waals surface area contributed by atoms with Gasteiger partial charge in [0.25, 0.3) is 0 Å². The highest BCUT2D eigenvalue weighted by molar-refractivity contribution is 4.81. The molecule has 0 aromatic carbocycles. The van der Waals surface area contributed by atoms with E-state index >= 15 is 0 Å². The van der Waals surface area contributed by atoms with Gasteiger partial charge in [-0.25, -0.2) is 0 Å². The third kappa shape index (κ3) is 3.74. The van der Waals surface area contributed by atoms with E-state index in [4.69, 9.17) is 5.73 Å².